The van der Waals surface area contributed by atoms with E-state index in [1.54, 1.807) is 0 Å². The lowest BCUT2D eigenvalue weighted by atomic mass is 10.2. The van der Waals surface area contributed by atoms with Crippen LogP contribution in [0.5, 0.6) is 5.88 Å². The first-order valence-electron chi connectivity index (χ1n) is 6.46. The lowest BCUT2D eigenvalue weighted by Crippen LogP contribution is -2.17. The van der Waals surface area contributed by atoms with Gasteiger partial charge in [-0.15, -0.1) is 0 Å². The van der Waals surface area contributed by atoms with E-state index in [-0.39, 0.29) is 11.5 Å². The average molecular weight is 304 g/mol. The molecule has 0 amide bonds. The molecule has 2 N–H and O–H groups in total. The van der Waals surface area contributed by atoms with Crippen molar-refractivity contribution in [3.63, 3.8) is 0 Å². The van der Waals surface area contributed by atoms with Crippen LogP contribution in [0.3, 0.4) is 0 Å². The molecule has 2 aromatic heterocycles. The smallest absolute Gasteiger partial charge is 0.451 e. The van der Waals surface area contributed by atoms with Crippen molar-refractivity contribution in [1.29, 1.82) is 0 Å². The third-order valence-electron chi connectivity index (χ3n) is 3.06. The summed E-state index contributed by atoms with van der Waals surface area (Å²) in [6.07, 6.45) is -2.85. The molecule has 8 heteroatoms. The number of imidazole rings is 1. The molecule has 0 radical (unpaired) electrons. The molecule has 0 spiro atoms. The summed E-state index contributed by atoms with van der Waals surface area (Å²) < 4.78 is 44.0. The van der Waals surface area contributed by atoms with Crippen molar-refractivity contribution in [3.05, 3.63) is 33.8 Å². The Balaban J connectivity index is 2.58. The summed E-state index contributed by atoms with van der Waals surface area (Å²) in [6, 6.07) is 1.07. The number of aromatic nitrogens is 2. The topological polar surface area (TPSA) is 71.2 Å². The number of nitrogens with one attached hydrogen (secondary N) is 1. The Kier molecular flexibility index (Phi) is 3.89. The minimum atomic E-state index is -4.75. The Morgan fingerprint density at radius 3 is 2.67 bits per heavy atom. The number of rotatable bonds is 4. The molecule has 0 aromatic carbocycles. The standard InChI is InChI=1S/C13H15F3N2O3/c1-3-4-5-8-11(19)18(12(20)17-8)9-6-7(2)21-10(9)13(14,15)16/h6,19H,3-5H2,1-2H3,(H,17,20). The molecular formula is C13H15F3N2O3. The SMILES string of the molecule is CCCCc1[nH]c(=O)n(-c2cc(C)oc2C(F)(F)F)c1O. The van der Waals surface area contributed by atoms with Crippen LogP contribution in [0.2, 0.25) is 0 Å². The fourth-order valence-corrected chi connectivity index (χ4v) is 2.09. The number of aryl methyl sites for hydroxylation is 2. The Hall–Kier alpha value is -2.12. The number of furan rings is 1. The highest BCUT2D eigenvalue weighted by molar-refractivity contribution is 5.43. The van der Waals surface area contributed by atoms with Gasteiger partial charge in [0.15, 0.2) is 0 Å². The van der Waals surface area contributed by atoms with Crippen LogP contribution >= 0.6 is 0 Å². The predicted molar refractivity (Wildman–Crippen MR) is 68.7 cm³/mol. The van der Waals surface area contributed by atoms with Crippen LogP contribution in [0.15, 0.2) is 15.3 Å². The van der Waals surface area contributed by atoms with E-state index in [1.807, 2.05) is 6.92 Å². The van der Waals surface area contributed by atoms with Crippen molar-refractivity contribution >= 4 is 0 Å². The van der Waals surface area contributed by atoms with E-state index in [9.17, 15) is 23.1 Å². The summed E-state index contributed by atoms with van der Waals surface area (Å²) in [5, 5.41) is 10.0. The maximum absolute atomic E-state index is 12.9. The molecule has 0 unspecified atom stereocenters. The van der Waals surface area contributed by atoms with Gasteiger partial charge in [-0.3, -0.25) is 0 Å². The zero-order chi connectivity index (χ0) is 15.8. The molecule has 2 rings (SSSR count). The summed E-state index contributed by atoms with van der Waals surface area (Å²) >= 11 is 0. The molecule has 0 aliphatic rings. The van der Waals surface area contributed by atoms with Crippen LogP contribution in [0.4, 0.5) is 13.2 Å². The van der Waals surface area contributed by atoms with Gasteiger partial charge in [0.05, 0.1) is 5.69 Å². The van der Waals surface area contributed by atoms with Crippen molar-refractivity contribution < 1.29 is 22.7 Å². The quantitative estimate of drug-likeness (QED) is 0.911. The maximum Gasteiger partial charge on any atom is 0.451 e. The summed E-state index contributed by atoms with van der Waals surface area (Å²) in [5.74, 6) is -1.82. The highest BCUT2D eigenvalue weighted by atomic mass is 19.4. The number of aromatic hydroxyl groups is 1. The zero-order valence-corrected chi connectivity index (χ0v) is 11.5. The first-order valence-corrected chi connectivity index (χ1v) is 6.46. The summed E-state index contributed by atoms with van der Waals surface area (Å²) in [4.78, 5) is 14.2. The largest absolute Gasteiger partial charge is 0.493 e. The minimum absolute atomic E-state index is 0.0000619. The van der Waals surface area contributed by atoms with E-state index in [2.05, 4.69) is 9.40 Å². The molecular weight excluding hydrogens is 289 g/mol. The molecule has 116 valence electrons. The molecule has 0 saturated carbocycles. The highest BCUT2D eigenvalue weighted by Gasteiger charge is 2.40. The molecule has 0 bridgehead atoms. The monoisotopic (exact) mass is 304 g/mol. The minimum Gasteiger partial charge on any atom is -0.493 e. The fourth-order valence-electron chi connectivity index (χ4n) is 2.09. The van der Waals surface area contributed by atoms with Gasteiger partial charge in [-0.2, -0.15) is 13.2 Å². The third kappa shape index (κ3) is 2.84. The second kappa shape index (κ2) is 5.34. The van der Waals surface area contributed by atoms with Crippen LogP contribution in [0, 0.1) is 6.92 Å². The van der Waals surface area contributed by atoms with E-state index in [0.717, 1.165) is 12.5 Å². The van der Waals surface area contributed by atoms with E-state index >= 15 is 0 Å². The molecule has 5 nitrogen and oxygen atoms in total. The number of nitrogens with zero attached hydrogens (tertiary/aromatic N) is 1. The van der Waals surface area contributed by atoms with Gasteiger partial charge in [0.1, 0.15) is 11.4 Å². The lowest BCUT2D eigenvalue weighted by molar-refractivity contribution is -0.153. The Morgan fingerprint density at radius 1 is 1.43 bits per heavy atom. The summed E-state index contributed by atoms with van der Waals surface area (Å²) in [6.45, 7) is 3.26. The van der Waals surface area contributed by atoms with Crippen LogP contribution in [-0.2, 0) is 12.6 Å². The van der Waals surface area contributed by atoms with Crippen molar-refractivity contribution in [3.8, 4) is 11.6 Å². The molecule has 0 saturated heterocycles. The third-order valence-corrected chi connectivity index (χ3v) is 3.06. The maximum atomic E-state index is 12.9. The Morgan fingerprint density at radius 2 is 2.10 bits per heavy atom. The highest BCUT2D eigenvalue weighted by Crippen LogP contribution is 2.37. The molecule has 21 heavy (non-hydrogen) atoms. The predicted octanol–water partition coefficient (Wildman–Crippen LogP) is 3.13. The first-order chi connectivity index (χ1) is 9.75. The Bertz CT molecular complexity index is 695. The van der Waals surface area contributed by atoms with E-state index < -0.39 is 29.2 Å². The van der Waals surface area contributed by atoms with Gasteiger partial charge in [-0.05, 0) is 19.8 Å². The molecule has 0 atom stereocenters. The molecule has 0 aliphatic heterocycles. The van der Waals surface area contributed by atoms with Gasteiger partial charge in [0.2, 0.25) is 11.6 Å². The number of hydrogen-bond acceptors (Lipinski definition) is 3. The van der Waals surface area contributed by atoms with Gasteiger partial charge in [0.25, 0.3) is 0 Å². The number of H-pyrrole nitrogens is 1. The van der Waals surface area contributed by atoms with Gasteiger partial charge < -0.3 is 14.5 Å². The van der Waals surface area contributed by atoms with Crippen molar-refractivity contribution in [2.75, 3.05) is 0 Å². The van der Waals surface area contributed by atoms with Gasteiger partial charge in [-0.1, -0.05) is 13.3 Å². The lowest BCUT2D eigenvalue weighted by Gasteiger charge is -2.07. The van der Waals surface area contributed by atoms with Crippen LogP contribution in [0.25, 0.3) is 5.69 Å². The van der Waals surface area contributed by atoms with Gasteiger partial charge >= 0.3 is 11.9 Å². The van der Waals surface area contributed by atoms with E-state index in [0.29, 0.717) is 17.4 Å². The average Bonchev–Trinajstić information content (AvgIpc) is 2.87. The molecule has 0 fully saturated rings. The zero-order valence-electron chi connectivity index (χ0n) is 11.5. The van der Waals surface area contributed by atoms with E-state index in [1.165, 1.54) is 6.92 Å². The van der Waals surface area contributed by atoms with Crippen LogP contribution < -0.4 is 5.69 Å². The van der Waals surface area contributed by atoms with Gasteiger partial charge in [-0.25, -0.2) is 9.36 Å². The first kappa shape index (κ1) is 15.3. The van der Waals surface area contributed by atoms with Crippen molar-refractivity contribution in [2.45, 2.75) is 39.3 Å². The molecule has 2 aromatic rings. The summed E-state index contributed by atoms with van der Waals surface area (Å²) in [5.41, 5.74) is -1.12. The number of aromatic amines is 1. The Labute approximate surface area is 118 Å². The number of unbranched alkanes of at least 4 members (excludes halogenated alkanes) is 1. The van der Waals surface area contributed by atoms with E-state index in [4.69, 9.17) is 0 Å². The van der Waals surface area contributed by atoms with Crippen molar-refractivity contribution in [2.24, 2.45) is 0 Å². The van der Waals surface area contributed by atoms with Crippen LogP contribution in [0.1, 0.15) is 37.0 Å². The second-order valence-corrected chi connectivity index (χ2v) is 4.74. The number of hydrogen-bond donors (Lipinski definition) is 2. The normalized spacial score (nSPS) is 12.0. The summed E-state index contributed by atoms with van der Waals surface area (Å²) in [7, 11) is 0. The molecule has 0 aliphatic carbocycles. The fraction of sp³-hybridized carbons (Fsp3) is 0.462. The molecule has 2 heterocycles. The second-order valence-electron chi connectivity index (χ2n) is 4.74. The number of alkyl halides is 3. The van der Waals surface area contributed by atoms with Crippen LogP contribution in [-0.4, -0.2) is 14.7 Å². The van der Waals surface area contributed by atoms with Crippen molar-refractivity contribution in [1.82, 2.24) is 9.55 Å². The van der Waals surface area contributed by atoms with Gasteiger partial charge in [0, 0.05) is 6.07 Å². The number of halogens is 3.